The number of carbonyl (C=O) groups excluding carboxylic acids is 1. The van der Waals surface area contributed by atoms with Crippen molar-refractivity contribution in [3.63, 3.8) is 0 Å². The number of halogens is 4. The minimum absolute atomic E-state index is 0.0597. The first kappa shape index (κ1) is 31.6. The number of fused-ring (bicyclic) bond motifs is 4. The van der Waals surface area contributed by atoms with Crippen LogP contribution in [0.4, 0.5) is 20.2 Å². The maximum atomic E-state index is 14.0. The van der Waals surface area contributed by atoms with Crippen LogP contribution in [0.2, 0.25) is 5.02 Å². The van der Waals surface area contributed by atoms with Gasteiger partial charge in [0.1, 0.15) is 5.16 Å². The summed E-state index contributed by atoms with van der Waals surface area (Å²) < 4.78 is 30.0. The summed E-state index contributed by atoms with van der Waals surface area (Å²) in [4.78, 5) is 31.3. The first-order chi connectivity index (χ1) is 21.5. The molecule has 4 aromatic rings. The Hall–Kier alpha value is -4.77. The fraction of sp³-hybridized carbons (Fsp3) is 0.233. The highest BCUT2D eigenvalue weighted by Gasteiger charge is 2.26. The van der Waals surface area contributed by atoms with Crippen molar-refractivity contribution in [1.82, 2.24) is 19.3 Å². The summed E-state index contributed by atoms with van der Waals surface area (Å²) in [6.07, 6.45) is 5.16. The molecule has 15 heteroatoms. The van der Waals surface area contributed by atoms with Crippen LogP contribution in [-0.4, -0.2) is 25.2 Å². The van der Waals surface area contributed by atoms with Crippen LogP contribution in [0.3, 0.4) is 0 Å². The lowest BCUT2D eigenvalue weighted by Crippen LogP contribution is -2.28. The topological polar surface area (TPSA) is 161 Å². The van der Waals surface area contributed by atoms with Gasteiger partial charge in [0.25, 0.3) is 5.56 Å². The molecule has 11 nitrogen and oxygen atoms in total. The molecule has 232 valence electrons. The van der Waals surface area contributed by atoms with Gasteiger partial charge in [0.2, 0.25) is 5.91 Å². The third-order valence-electron chi connectivity index (χ3n) is 7.49. The number of nitrogens with zero attached hydrogens (tertiary/aromatic N) is 6. The van der Waals surface area contributed by atoms with Crippen LogP contribution in [0.25, 0.3) is 22.5 Å². The number of anilines is 2. The van der Waals surface area contributed by atoms with E-state index in [1.165, 1.54) is 34.2 Å². The second-order valence-electron chi connectivity index (χ2n) is 10.5. The molecule has 3 heterocycles. The lowest BCUT2D eigenvalue weighted by molar-refractivity contribution is -0.119. The Bertz CT molecular complexity index is 1900. The highest BCUT2D eigenvalue weighted by atomic mass is 35.5. The minimum atomic E-state index is -3.02. The molecule has 0 saturated carbocycles. The maximum absolute atomic E-state index is 14.0. The molecule has 2 atom stereocenters. The third-order valence-corrected chi connectivity index (χ3v) is 7.82. The SMILES string of the molecule is CC1CCCC(n2cnc(-c3cc(Cl)ccc3N(N)/C=C(\N)Cl)cc2=O)c2cc(C#N)cc(c2)-c2c(cnn2C(F)F)NC1=O. The van der Waals surface area contributed by atoms with Crippen molar-refractivity contribution in [2.75, 3.05) is 10.3 Å². The average Bonchev–Trinajstić information content (AvgIpc) is 3.42. The fourth-order valence-electron chi connectivity index (χ4n) is 5.34. The summed E-state index contributed by atoms with van der Waals surface area (Å²) in [5.41, 5.74) is 7.20. The number of nitrogens with one attached hydrogen (secondary N) is 1. The quantitative estimate of drug-likeness (QED) is 0.140. The number of hydrogen-bond acceptors (Lipinski definition) is 8. The molecule has 45 heavy (non-hydrogen) atoms. The third kappa shape index (κ3) is 6.68. The fourth-order valence-corrected chi connectivity index (χ4v) is 5.62. The van der Waals surface area contributed by atoms with Crippen molar-refractivity contribution in [3.05, 3.63) is 92.8 Å². The van der Waals surface area contributed by atoms with E-state index in [0.717, 1.165) is 6.20 Å². The molecule has 0 radical (unpaired) electrons. The number of carbonyl (C=O) groups is 1. The first-order valence-electron chi connectivity index (χ1n) is 13.7. The maximum Gasteiger partial charge on any atom is 0.333 e. The van der Waals surface area contributed by atoms with Gasteiger partial charge in [0, 0.05) is 28.1 Å². The van der Waals surface area contributed by atoms with Gasteiger partial charge in [-0.15, -0.1) is 0 Å². The van der Waals surface area contributed by atoms with Gasteiger partial charge >= 0.3 is 6.55 Å². The lowest BCUT2D eigenvalue weighted by Gasteiger charge is -2.24. The summed E-state index contributed by atoms with van der Waals surface area (Å²) in [6, 6.07) is 12.2. The monoisotopic (exact) mass is 653 g/mol. The highest BCUT2D eigenvalue weighted by Crippen LogP contribution is 2.37. The molecule has 0 fully saturated rings. The molecule has 0 saturated heterocycles. The highest BCUT2D eigenvalue weighted by molar-refractivity contribution is 6.31. The van der Waals surface area contributed by atoms with E-state index in [0.29, 0.717) is 45.8 Å². The van der Waals surface area contributed by atoms with Gasteiger partial charge in [-0.25, -0.2) is 15.5 Å². The van der Waals surface area contributed by atoms with Crippen molar-refractivity contribution < 1.29 is 13.6 Å². The Morgan fingerprint density at radius 2 is 2.00 bits per heavy atom. The summed E-state index contributed by atoms with van der Waals surface area (Å²) in [5.74, 6) is 5.30. The Balaban J connectivity index is 1.66. The predicted octanol–water partition coefficient (Wildman–Crippen LogP) is 5.72. The van der Waals surface area contributed by atoms with Crippen molar-refractivity contribution in [2.45, 2.75) is 38.8 Å². The van der Waals surface area contributed by atoms with Gasteiger partial charge < -0.3 is 11.1 Å². The van der Waals surface area contributed by atoms with E-state index in [2.05, 4.69) is 21.5 Å². The lowest BCUT2D eigenvalue weighted by atomic mass is 9.92. The summed E-state index contributed by atoms with van der Waals surface area (Å²) in [5, 5.41) is 17.8. The summed E-state index contributed by atoms with van der Waals surface area (Å²) in [7, 11) is 0. The Labute approximate surface area is 266 Å². The van der Waals surface area contributed by atoms with E-state index in [4.69, 9.17) is 34.8 Å². The van der Waals surface area contributed by atoms with E-state index in [1.807, 2.05) is 0 Å². The molecule has 0 spiro atoms. The number of benzene rings is 2. The number of alkyl halides is 2. The van der Waals surface area contributed by atoms with Gasteiger partial charge in [0.05, 0.1) is 59.2 Å². The standard InChI is InChI=1S/C30H27Cl2F2N9O2/c1-16-3-2-4-24(18-7-17(12-35)8-19(9-18)28-23(40-29(16)45)13-39-43(28)30(33)34)41-15-38-22(11-27(41)44)21-10-20(31)5-6-25(21)42(37)14-26(32)36/h5-11,13-16,24,30H,2-4,36-37H2,1H3,(H,40,45)/b26-14-. The summed E-state index contributed by atoms with van der Waals surface area (Å²) >= 11 is 12.1. The number of nitrogens with two attached hydrogens (primary N) is 2. The van der Waals surface area contributed by atoms with Crippen molar-refractivity contribution in [2.24, 2.45) is 17.5 Å². The second-order valence-corrected chi connectivity index (χ2v) is 11.4. The predicted molar refractivity (Wildman–Crippen MR) is 167 cm³/mol. The molecule has 5 rings (SSSR count). The van der Waals surface area contributed by atoms with Gasteiger partial charge in [-0.3, -0.25) is 19.2 Å². The minimum Gasteiger partial charge on any atom is -0.388 e. The van der Waals surface area contributed by atoms with Gasteiger partial charge in [-0.2, -0.15) is 19.1 Å². The molecule has 2 aromatic carbocycles. The van der Waals surface area contributed by atoms with Gasteiger partial charge in [-0.1, -0.05) is 36.5 Å². The zero-order valence-electron chi connectivity index (χ0n) is 23.8. The van der Waals surface area contributed by atoms with Crippen molar-refractivity contribution in [3.8, 4) is 28.6 Å². The Kier molecular flexibility index (Phi) is 9.19. The molecule has 1 amide bonds. The van der Waals surface area contributed by atoms with Crippen LogP contribution in [-0.2, 0) is 4.79 Å². The first-order valence-corrected chi connectivity index (χ1v) is 14.5. The van der Waals surface area contributed by atoms with Gasteiger partial charge in [-0.05, 0) is 54.8 Å². The smallest absolute Gasteiger partial charge is 0.333 e. The van der Waals surface area contributed by atoms with E-state index >= 15 is 0 Å². The molecule has 1 aliphatic heterocycles. The van der Waals surface area contributed by atoms with Crippen LogP contribution < -0.4 is 27.5 Å². The van der Waals surface area contributed by atoms with Crippen molar-refractivity contribution in [1.29, 1.82) is 5.26 Å². The normalized spacial score (nSPS) is 17.1. The number of aromatic nitrogens is 4. The van der Waals surface area contributed by atoms with E-state index in [9.17, 15) is 23.6 Å². The van der Waals surface area contributed by atoms with Crippen LogP contribution in [0.5, 0.6) is 0 Å². The van der Waals surface area contributed by atoms with E-state index in [-0.39, 0.29) is 39.3 Å². The number of rotatable bonds is 5. The molecule has 5 N–H and O–H groups in total. The Morgan fingerprint density at radius 3 is 2.69 bits per heavy atom. The number of amides is 1. The summed E-state index contributed by atoms with van der Waals surface area (Å²) in [6.45, 7) is -1.28. The average molecular weight is 655 g/mol. The van der Waals surface area contributed by atoms with E-state index < -0.39 is 24.1 Å². The number of hydrazine groups is 1. The zero-order chi connectivity index (χ0) is 32.4. The molecule has 0 aliphatic carbocycles. The van der Waals surface area contributed by atoms with Crippen LogP contribution in [0.1, 0.15) is 49.9 Å². The van der Waals surface area contributed by atoms with Gasteiger partial charge in [0.15, 0.2) is 0 Å². The zero-order valence-corrected chi connectivity index (χ0v) is 25.3. The van der Waals surface area contributed by atoms with Crippen LogP contribution in [0, 0.1) is 17.2 Å². The molecule has 2 unspecified atom stereocenters. The number of nitriles is 1. The molecular formula is C30H27Cl2F2N9O2. The molecule has 2 bridgehead atoms. The largest absolute Gasteiger partial charge is 0.388 e. The molecule has 2 aromatic heterocycles. The second kappa shape index (κ2) is 13.1. The van der Waals surface area contributed by atoms with E-state index in [1.54, 1.807) is 37.3 Å². The van der Waals surface area contributed by atoms with Crippen LogP contribution in [0.15, 0.2) is 71.1 Å². The Morgan fingerprint density at radius 1 is 1.22 bits per heavy atom. The molecule has 1 aliphatic rings. The van der Waals surface area contributed by atoms with Crippen LogP contribution >= 0.6 is 23.2 Å². The molecular weight excluding hydrogens is 627 g/mol. The van der Waals surface area contributed by atoms with Crippen molar-refractivity contribution >= 4 is 40.5 Å². The number of hydrogen-bond donors (Lipinski definition) is 3.